The van der Waals surface area contributed by atoms with Crippen LogP contribution in [0.2, 0.25) is 0 Å². The maximum atomic E-state index is 13.4. The van der Waals surface area contributed by atoms with Crippen molar-refractivity contribution in [3.8, 4) is 11.3 Å². The van der Waals surface area contributed by atoms with E-state index in [1.807, 2.05) is 74.0 Å². The van der Waals surface area contributed by atoms with Gasteiger partial charge in [0.1, 0.15) is 4.88 Å². The number of carbonyl (C=O) groups excluding carboxylic acids is 1. The predicted octanol–water partition coefficient (Wildman–Crippen LogP) is 7.70. The molecule has 0 aliphatic carbocycles. The Labute approximate surface area is 230 Å². The third kappa shape index (κ3) is 6.82. The van der Waals surface area contributed by atoms with Gasteiger partial charge in [-0.25, -0.2) is 9.98 Å². The van der Waals surface area contributed by atoms with Gasteiger partial charge >= 0.3 is 0 Å². The van der Waals surface area contributed by atoms with E-state index in [2.05, 4.69) is 42.8 Å². The molecule has 7 heteroatoms. The molecule has 1 heterocycles. The van der Waals surface area contributed by atoms with E-state index in [1.54, 1.807) is 0 Å². The summed E-state index contributed by atoms with van der Waals surface area (Å²) in [6.07, 6.45) is 2.55. The second-order valence-corrected chi connectivity index (χ2v) is 9.49. The van der Waals surface area contributed by atoms with Crippen LogP contribution in [0, 0.1) is 13.8 Å². The maximum absolute atomic E-state index is 13.4. The molecule has 0 saturated heterocycles. The van der Waals surface area contributed by atoms with E-state index in [-0.39, 0.29) is 30.6 Å². The molecule has 0 bridgehead atoms. The minimum atomic E-state index is 0. The van der Waals surface area contributed by atoms with Gasteiger partial charge in [0.25, 0.3) is 0 Å². The van der Waals surface area contributed by atoms with Gasteiger partial charge in [-0.2, -0.15) is 0 Å². The number of benzene rings is 3. The molecular formula is C29H31Cl2N3OS. The number of rotatable bonds is 8. The summed E-state index contributed by atoms with van der Waals surface area (Å²) in [5, 5.41) is 0.933. The zero-order valence-corrected chi connectivity index (χ0v) is 23.3. The van der Waals surface area contributed by atoms with Crippen LogP contribution >= 0.6 is 36.2 Å². The highest BCUT2D eigenvalue weighted by Crippen LogP contribution is 2.33. The van der Waals surface area contributed by atoms with Crippen LogP contribution < -0.4 is 0 Å². The summed E-state index contributed by atoms with van der Waals surface area (Å²) < 4.78 is 0. The zero-order valence-electron chi connectivity index (χ0n) is 20.9. The van der Waals surface area contributed by atoms with Crippen molar-refractivity contribution in [1.29, 1.82) is 0 Å². The molecule has 0 amide bonds. The number of hydrogen-bond donors (Lipinski definition) is 0. The molecule has 0 aliphatic heterocycles. The van der Waals surface area contributed by atoms with Gasteiger partial charge in [-0.05, 0) is 43.5 Å². The molecule has 3 aromatic carbocycles. The quantitative estimate of drug-likeness (QED) is 0.131. The number of aliphatic imine (C=N–C) groups is 1. The third-order valence-electron chi connectivity index (χ3n) is 5.85. The van der Waals surface area contributed by atoms with Gasteiger partial charge in [-0.15, -0.1) is 36.2 Å². The molecule has 1 aromatic heterocycles. The molecule has 0 N–H and O–H groups in total. The van der Waals surface area contributed by atoms with Gasteiger partial charge < -0.3 is 4.90 Å². The van der Waals surface area contributed by atoms with Crippen LogP contribution in [-0.4, -0.2) is 35.6 Å². The number of hydrogen-bond acceptors (Lipinski definition) is 4. The standard InChI is InChI=1S/C29H29N3OS.2ClH/c1-5-32(4)19-30-25-17-20(2)24(16-21(25)3)18-26-31-27(22-12-8-6-9-13-22)29(34-26)28(33)23-14-10-7-11-15-23;;/h6-17,19H,5,18H2,1-4H3;2*1H. The molecule has 188 valence electrons. The molecule has 0 spiro atoms. The topological polar surface area (TPSA) is 45.6 Å². The normalized spacial score (nSPS) is 10.6. The smallest absolute Gasteiger partial charge is 0.205 e. The van der Waals surface area contributed by atoms with Crippen molar-refractivity contribution >= 4 is 54.0 Å². The van der Waals surface area contributed by atoms with Gasteiger partial charge in [0.2, 0.25) is 5.78 Å². The Bertz CT molecular complexity index is 1320. The van der Waals surface area contributed by atoms with Crippen molar-refractivity contribution in [3.63, 3.8) is 0 Å². The van der Waals surface area contributed by atoms with Crippen LogP contribution in [-0.2, 0) is 6.42 Å². The Kier molecular flexibility index (Phi) is 10.8. The fraction of sp³-hybridized carbons (Fsp3) is 0.207. The number of aryl methyl sites for hydroxylation is 2. The number of ketones is 1. The number of nitrogens with zero attached hydrogens (tertiary/aromatic N) is 3. The lowest BCUT2D eigenvalue weighted by molar-refractivity contribution is 0.104. The molecule has 0 unspecified atom stereocenters. The molecule has 36 heavy (non-hydrogen) atoms. The molecule has 0 radical (unpaired) electrons. The highest BCUT2D eigenvalue weighted by Gasteiger charge is 2.21. The molecule has 4 nitrogen and oxygen atoms in total. The van der Waals surface area contributed by atoms with Crippen LogP contribution in [0.3, 0.4) is 0 Å². The summed E-state index contributed by atoms with van der Waals surface area (Å²) in [6.45, 7) is 7.21. The monoisotopic (exact) mass is 539 g/mol. The second-order valence-electron chi connectivity index (χ2n) is 8.41. The van der Waals surface area contributed by atoms with Gasteiger partial charge in [0.15, 0.2) is 0 Å². The van der Waals surface area contributed by atoms with Crippen molar-refractivity contribution in [1.82, 2.24) is 9.88 Å². The number of halogens is 2. The molecule has 0 aliphatic rings. The Hall–Kier alpha value is -2.99. The van der Waals surface area contributed by atoms with E-state index in [1.165, 1.54) is 22.5 Å². The summed E-state index contributed by atoms with van der Waals surface area (Å²) >= 11 is 1.49. The van der Waals surface area contributed by atoms with Crippen LogP contribution in [0.25, 0.3) is 11.3 Å². The molecule has 4 rings (SSSR count). The van der Waals surface area contributed by atoms with E-state index in [0.29, 0.717) is 16.9 Å². The lowest BCUT2D eigenvalue weighted by atomic mass is 10.0. The van der Waals surface area contributed by atoms with Crippen molar-refractivity contribution in [3.05, 3.63) is 105 Å². The van der Waals surface area contributed by atoms with Crippen molar-refractivity contribution in [2.45, 2.75) is 27.2 Å². The lowest BCUT2D eigenvalue weighted by Gasteiger charge is -2.11. The number of carbonyl (C=O) groups is 1. The van der Waals surface area contributed by atoms with Gasteiger partial charge in [0.05, 0.1) is 22.7 Å². The Morgan fingerprint density at radius 1 is 0.972 bits per heavy atom. The van der Waals surface area contributed by atoms with Gasteiger partial charge in [0, 0.05) is 31.1 Å². The Morgan fingerprint density at radius 3 is 2.25 bits per heavy atom. The van der Waals surface area contributed by atoms with E-state index in [0.717, 1.165) is 34.1 Å². The summed E-state index contributed by atoms with van der Waals surface area (Å²) in [4.78, 5) is 25.7. The third-order valence-corrected chi connectivity index (χ3v) is 6.90. The van der Waals surface area contributed by atoms with Crippen LogP contribution in [0.15, 0.2) is 77.8 Å². The first-order valence-electron chi connectivity index (χ1n) is 11.5. The summed E-state index contributed by atoms with van der Waals surface area (Å²) in [6, 6.07) is 23.7. The zero-order chi connectivity index (χ0) is 24.1. The Morgan fingerprint density at radius 2 is 1.61 bits per heavy atom. The molecule has 0 atom stereocenters. The number of aromatic nitrogens is 1. The van der Waals surface area contributed by atoms with Gasteiger partial charge in [-0.3, -0.25) is 4.79 Å². The fourth-order valence-corrected chi connectivity index (χ4v) is 4.77. The van der Waals surface area contributed by atoms with Crippen LogP contribution in [0.1, 0.15) is 43.9 Å². The maximum Gasteiger partial charge on any atom is 0.205 e. The van der Waals surface area contributed by atoms with E-state index < -0.39 is 0 Å². The molecule has 0 saturated carbocycles. The lowest BCUT2D eigenvalue weighted by Crippen LogP contribution is -2.14. The van der Waals surface area contributed by atoms with E-state index >= 15 is 0 Å². The highest BCUT2D eigenvalue weighted by atomic mass is 35.5. The van der Waals surface area contributed by atoms with Gasteiger partial charge in [-0.1, -0.05) is 66.7 Å². The fourth-order valence-electron chi connectivity index (χ4n) is 3.70. The summed E-state index contributed by atoms with van der Waals surface area (Å²) in [5.74, 6) is 0.0147. The average molecular weight is 541 g/mol. The molecule has 0 fully saturated rings. The molecule has 4 aromatic rings. The largest absolute Gasteiger partial charge is 0.366 e. The average Bonchev–Trinajstić information content (AvgIpc) is 3.29. The number of thiazole rings is 1. The van der Waals surface area contributed by atoms with E-state index in [4.69, 9.17) is 4.98 Å². The van der Waals surface area contributed by atoms with Crippen molar-refractivity contribution in [2.24, 2.45) is 4.99 Å². The predicted molar refractivity (Wildman–Crippen MR) is 157 cm³/mol. The Balaban J connectivity index is 0.00000228. The highest BCUT2D eigenvalue weighted by molar-refractivity contribution is 7.14. The van der Waals surface area contributed by atoms with Crippen LogP contribution in [0.4, 0.5) is 5.69 Å². The first-order valence-corrected chi connectivity index (χ1v) is 12.3. The van der Waals surface area contributed by atoms with E-state index in [9.17, 15) is 4.79 Å². The second kappa shape index (κ2) is 13.4. The first kappa shape index (κ1) is 29.2. The van der Waals surface area contributed by atoms with Crippen LogP contribution in [0.5, 0.6) is 0 Å². The SMILES string of the molecule is CCN(C)C=Nc1cc(C)c(Cc2nc(-c3ccccc3)c(C(=O)c3ccccc3)s2)cc1C.Cl.Cl. The summed E-state index contributed by atoms with van der Waals surface area (Å²) in [7, 11) is 2.02. The minimum Gasteiger partial charge on any atom is -0.366 e. The van der Waals surface area contributed by atoms with Crippen molar-refractivity contribution in [2.75, 3.05) is 13.6 Å². The summed E-state index contributed by atoms with van der Waals surface area (Å²) in [5.41, 5.74) is 6.87. The van der Waals surface area contributed by atoms with Crippen molar-refractivity contribution < 1.29 is 4.79 Å². The minimum absolute atomic E-state index is 0. The first-order chi connectivity index (χ1) is 16.5. The molecular weight excluding hydrogens is 509 g/mol.